The monoisotopic (exact) mass is 265 g/mol. The van der Waals surface area contributed by atoms with E-state index in [9.17, 15) is 0 Å². The summed E-state index contributed by atoms with van der Waals surface area (Å²) in [6.45, 7) is 8.01. The number of aryl methyl sites for hydroxylation is 1. The van der Waals surface area contributed by atoms with Crippen molar-refractivity contribution in [3.05, 3.63) is 23.8 Å². The molecule has 100 valence electrons. The average Bonchev–Trinajstić information content (AvgIpc) is 2.34. The largest absolute Gasteiger partial charge is 0.398 e. The van der Waals surface area contributed by atoms with Gasteiger partial charge in [0.05, 0.1) is 0 Å². The van der Waals surface area contributed by atoms with Crippen molar-refractivity contribution in [2.75, 3.05) is 51.3 Å². The van der Waals surface area contributed by atoms with Crippen LogP contribution >= 0.6 is 11.8 Å². The predicted molar refractivity (Wildman–Crippen MR) is 80.3 cm³/mol. The highest BCUT2D eigenvalue weighted by molar-refractivity contribution is 7.99. The Bertz CT molecular complexity index is 387. The molecule has 4 heteroatoms. The number of likely N-dealkylation sites (N-methyl/N-ethyl adjacent to an activating group) is 1. The zero-order chi connectivity index (χ0) is 13.0. The summed E-state index contributed by atoms with van der Waals surface area (Å²) in [5.74, 6) is 1.12. The van der Waals surface area contributed by atoms with E-state index < -0.39 is 0 Å². The van der Waals surface area contributed by atoms with Crippen molar-refractivity contribution in [2.45, 2.75) is 11.8 Å². The van der Waals surface area contributed by atoms with Crippen LogP contribution < -0.4 is 5.73 Å². The Morgan fingerprint density at radius 2 is 1.94 bits per heavy atom. The molecule has 0 spiro atoms. The number of hydrogen-bond donors (Lipinski definition) is 1. The van der Waals surface area contributed by atoms with E-state index in [0.717, 1.165) is 18.0 Å². The first-order valence-electron chi connectivity index (χ1n) is 6.55. The van der Waals surface area contributed by atoms with Crippen molar-refractivity contribution in [2.24, 2.45) is 0 Å². The van der Waals surface area contributed by atoms with E-state index in [0.29, 0.717) is 0 Å². The van der Waals surface area contributed by atoms with Crippen LogP contribution in [-0.2, 0) is 0 Å². The molecule has 1 aromatic rings. The molecule has 1 aliphatic heterocycles. The quantitative estimate of drug-likeness (QED) is 0.666. The van der Waals surface area contributed by atoms with Gasteiger partial charge in [-0.3, -0.25) is 4.90 Å². The van der Waals surface area contributed by atoms with Gasteiger partial charge in [0.15, 0.2) is 0 Å². The van der Waals surface area contributed by atoms with Gasteiger partial charge in [0.2, 0.25) is 0 Å². The van der Waals surface area contributed by atoms with Crippen LogP contribution in [0.3, 0.4) is 0 Å². The van der Waals surface area contributed by atoms with Crippen LogP contribution in [-0.4, -0.2) is 55.3 Å². The molecule has 1 heterocycles. The number of rotatable bonds is 4. The molecule has 1 aliphatic rings. The van der Waals surface area contributed by atoms with Crippen molar-refractivity contribution >= 4 is 17.4 Å². The Labute approximate surface area is 114 Å². The van der Waals surface area contributed by atoms with E-state index in [2.05, 4.69) is 42.0 Å². The summed E-state index contributed by atoms with van der Waals surface area (Å²) >= 11 is 1.87. The lowest BCUT2D eigenvalue weighted by Crippen LogP contribution is -2.45. The maximum atomic E-state index is 6.02. The zero-order valence-corrected chi connectivity index (χ0v) is 12.2. The second-order valence-electron chi connectivity index (χ2n) is 5.03. The Morgan fingerprint density at radius 1 is 1.22 bits per heavy atom. The number of benzene rings is 1. The van der Waals surface area contributed by atoms with Gasteiger partial charge in [-0.15, -0.1) is 11.8 Å². The van der Waals surface area contributed by atoms with Gasteiger partial charge in [0.25, 0.3) is 0 Å². The molecular weight excluding hydrogens is 242 g/mol. The van der Waals surface area contributed by atoms with Crippen LogP contribution in [0.25, 0.3) is 0 Å². The third-order valence-corrected chi connectivity index (χ3v) is 4.50. The minimum atomic E-state index is 0.915. The maximum absolute atomic E-state index is 6.02. The van der Waals surface area contributed by atoms with Crippen LogP contribution in [0.4, 0.5) is 5.69 Å². The fourth-order valence-corrected chi connectivity index (χ4v) is 3.11. The molecule has 18 heavy (non-hydrogen) atoms. The number of nitrogen functional groups attached to an aromatic ring is 1. The van der Waals surface area contributed by atoms with E-state index in [1.165, 1.54) is 36.6 Å². The fraction of sp³-hybridized carbons (Fsp3) is 0.571. The van der Waals surface area contributed by atoms with E-state index in [-0.39, 0.29) is 0 Å². The predicted octanol–water partition coefficient (Wildman–Crippen LogP) is 1.92. The van der Waals surface area contributed by atoms with E-state index >= 15 is 0 Å². The van der Waals surface area contributed by atoms with E-state index in [4.69, 9.17) is 5.73 Å². The molecule has 0 atom stereocenters. The summed E-state index contributed by atoms with van der Waals surface area (Å²) in [6.07, 6.45) is 0. The van der Waals surface area contributed by atoms with Crippen LogP contribution in [0, 0.1) is 6.92 Å². The fourth-order valence-electron chi connectivity index (χ4n) is 2.16. The van der Waals surface area contributed by atoms with Gasteiger partial charge in [0.1, 0.15) is 0 Å². The summed E-state index contributed by atoms with van der Waals surface area (Å²) in [4.78, 5) is 6.15. The molecule has 0 aromatic heterocycles. The maximum Gasteiger partial charge on any atom is 0.0454 e. The molecule has 0 bridgehead atoms. The van der Waals surface area contributed by atoms with Crippen LogP contribution in [0.15, 0.2) is 23.1 Å². The lowest BCUT2D eigenvalue weighted by atomic mass is 10.2. The molecule has 3 nitrogen and oxygen atoms in total. The van der Waals surface area contributed by atoms with Gasteiger partial charge in [0, 0.05) is 49.1 Å². The number of thioether (sulfide) groups is 1. The molecule has 2 N–H and O–H groups in total. The molecule has 0 unspecified atom stereocenters. The molecular formula is C14H23N3S. The first-order chi connectivity index (χ1) is 8.65. The number of nitrogens with two attached hydrogens (primary N) is 1. The van der Waals surface area contributed by atoms with Crippen LogP contribution in [0.5, 0.6) is 0 Å². The highest BCUT2D eigenvalue weighted by Crippen LogP contribution is 2.25. The van der Waals surface area contributed by atoms with Gasteiger partial charge in [-0.25, -0.2) is 0 Å². The molecule has 2 rings (SSSR count). The normalized spacial score (nSPS) is 18.1. The topological polar surface area (TPSA) is 32.5 Å². The second-order valence-corrected chi connectivity index (χ2v) is 6.17. The van der Waals surface area contributed by atoms with Crippen molar-refractivity contribution < 1.29 is 0 Å². The van der Waals surface area contributed by atoms with Crippen molar-refractivity contribution in [3.8, 4) is 0 Å². The molecule has 1 saturated heterocycles. The van der Waals surface area contributed by atoms with Crippen molar-refractivity contribution in [3.63, 3.8) is 0 Å². The minimum absolute atomic E-state index is 0.915. The SMILES string of the molecule is Cc1ccc(SCCN2CCN(C)CC2)c(N)c1. The molecule has 0 radical (unpaired) electrons. The highest BCUT2D eigenvalue weighted by atomic mass is 32.2. The van der Waals surface area contributed by atoms with Crippen LogP contribution in [0.1, 0.15) is 5.56 Å². The van der Waals surface area contributed by atoms with Gasteiger partial charge in [-0.2, -0.15) is 0 Å². The third kappa shape index (κ3) is 3.90. The number of nitrogens with zero attached hydrogens (tertiary/aromatic N) is 2. The molecule has 1 aromatic carbocycles. The number of hydrogen-bond acceptors (Lipinski definition) is 4. The molecule has 0 saturated carbocycles. The van der Waals surface area contributed by atoms with Crippen molar-refractivity contribution in [1.82, 2.24) is 9.80 Å². The van der Waals surface area contributed by atoms with Crippen LogP contribution in [0.2, 0.25) is 0 Å². The van der Waals surface area contributed by atoms with E-state index in [1.807, 2.05) is 11.8 Å². The smallest absolute Gasteiger partial charge is 0.0454 e. The first-order valence-corrected chi connectivity index (χ1v) is 7.53. The summed E-state index contributed by atoms with van der Waals surface area (Å²) < 4.78 is 0. The first kappa shape index (κ1) is 13.7. The Kier molecular flexibility index (Phi) is 4.92. The minimum Gasteiger partial charge on any atom is -0.398 e. The Hall–Kier alpha value is -0.710. The Balaban J connectivity index is 1.75. The summed E-state index contributed by atoms with van der Waals surface area (Å²) in [5.41, 5.74) is 8.17. The number of anilines is 1. The highest BCUT2D eigenvalue weighted by Gasteiger charge is 2.13. The summed E-state index contributed by atoms with van der Waals surface area (Å²) in [6, 6.07) is 6.33. The summed E-state index contributed by atoms with van der Waals surface area (Å²) in [7, 11) is 2.19. The Morgan fingerprint density at radius 3 is 2.61 bits per heavy atom. The standard InChI is InChI=1S/C14H23N3S/c1-12-3-4-14(13(15)11-12)18-10-9-17-7-5-16(2)6-8-17/h3-4,11H,5-10,15H2,1-2H3. The summed E-state index contributed by atoms with van der Waals surface area (Å²) in [5, 5.41) is 0. The molecule has 1 fully saturated rings. The average molecular weight is 265 g/mol. The van der Waals surface area contributed by atoms with Gasteiger partial charge in [-0.1, -0.05) is 6.07 Å². The lowest BCUT2D eigenvalue weighted by Gasteiger charge is -2.32. The third-order valence-electron chi connectivity index (χ3n) is 3.43. The lowest BCUT2D eigenvalue weighted by molar-refractivity contribution is 0.161. The van der Waals surface area contributed by atoms with Gasteiger partial charge < -0.3 is 10.6 Å². The molecule has 0 amide bonds. The second kappa shape index (κ2) is 6.45. The van der Waals surface area contributed by atoms with Gasteiger partial charge in [-0.05, 0) is 31.7 Å². The van der Waals surface area contributed by atoms with E-state index in [1.54, 1.807) is 0 Å². The van der Waals surface area contributed by atoms with Crippen molar-refractivity contribution in [1.29, 1.82) is 0 Å². The number of piperazine rings is 1. The van der Waals surface area contributed by atoms with Gasteiger partial charge >= 0.3 is 0 Å². The molecule has 0 aliphatic carbocycles. The zero-order valence-electron chi connectivity index (χ0n) is 11.4.